The van der Waals surface area contributed by atoms with Crippen molar-refractivity contribution >= 4 is 35.5 Å². The van der Waals surface area contributed by atoms with Crippen LogP contribution >= 0.6 is 0 Å². The molecule has 0 amide bonds. The van der Waals surface area contributed by atoms with Crippen molar-refractivity contribution in [3.8, 4) is 34.1 Å². The van der Waals surface area contributed by atoms with Gasteiger partial charge in [-0.1, -0.05) is 36.4 Å². The topological polar surface area (TPSA) is 142 Å². The molecule has 0 unspecified atom stereocenters. The third kappa shape index (κ3) is 19.8. The Labute approximate surface area is 443 Å². The summed E-state index contributed by atoms with van der Waals surface area (Å²) in [5.41, 5.74) is 15.1. The molecule has 0 saturated heterocycles. The van der Waals surface area contributed by atoms with Crippen LogP contribution < -0.4 is 30.4 Å². The summed E-state index contributed by atoms with van der Waals surface area (Å²) < 4.78 is 166. The minimum absolute atomic E-state index is 0.0250. The number of hydrogen-bond acceptors (Lipinski definition) is 10. The third-order valence-electron chi connectivity index (χ3n) is 11.5. The first-order chi connectivity index (χ1) is 37.0. The van der Waals surface area contributed by atoms with Crippen molar-refractivity contribution in [2.45, 2.75) is 89.2 Å². The summed E-state index contributed by atoms with van der Waals surface area (Å²) in [6.45, 7) is -0.199. The Bertz CT molecular complexity index is 2750. The predicted molar refractivity (Wildman–Crippen MR) is 273 cm³/mol. The molecule has 0 atom stereocenters. The van der Waals surface area contributed by atoms with E-state index in [-0.39, 0.29) is 62.3 Å². The van der Waals surface area contributed by atoms with E-state index in [4.69, 9.17) is 39.9 Å². The Morgan fingerprint density at radius 3 is 1.12 bits per heavy atom. The summed E-state index contributed by atoms with van der Waals surface area (Å²) in [5.74, 6) is -1.26. The fourth-order valence-corrected chi connectivity index (χ4v) is 7.50. The van der Waals surface area contributed by atoms with E-state index in [1.54, 1.807) is 36.4 Å². The zero-order chi connectivity index (χ0) is 56.4. The number of nitrogens with two attached hydrogens (primary N) is 2. The average molecular weight is 1100 g/mol. The smallest absolute Gasteiger partial charge is 0.426 e. The molecule has 6 rings (SSSR count). The Morgan fingerprint density at radius 2 is 0.769 bits per heavy atom. The molecule has 6 aromatic rings. The molecule has 20 heteroatoms. The van der Waals surface area contributed by atoms with Crippen LogP contribution in [0.3, 0.4) is 0 Å². The summed E-state index contributed by atoms with van der Waals surface area (Å²) in [4.78, 5) is 25.8. The van der Waals surface area contributed by atoms with Gasteiger partial charge in [0.15, 0.2) is 0 Å². The van der Waals surface area contributed by atoms with Crippen LogP contribution in [0.4, 0.5) is 55.3 Å². The van der Waals surface area contributed by atoms with E-state index in [1.165, 1.54) is 84.9 Å². The summed E-state index contributed by atoms with van der Waals surface area (Å²) in [7, 11) is 0. The van der Waals surface area contributed by atoms with E-state index in [9.17, 15) is 35.9 Å². The van der Waals surface area contributed by atoms with Crippen LogP contribution in [0.15, 0.2) is 146 Å². The largest absolute Gasteiger partial charge is 0.494 e. The lowest BCUT2D eigenvalue weighted by molar-refractivity contribution is -0.186. The second-order valence-corrected chi connectivity index (χ2v) is 17.7. The van der Waals surface area contributed by atoms with E-state index in [0.29, 0.717) is 70.4 Å². The number of unbranched alkanes of at least 4 members (excludes halogenated alkanes) is 4. The van der Waals surface area contributed by atoms with Gasteiger partial charge in [-0.15, -0.1) is 0 Å². The number of hydrogen-bond donors (Lipinski definition) is 2. The monoisotopic (exact) mass is 1100 g/mol. The Morgan fingerprint density at radius 1 is 0.423 bits per heavy atom. The molecule has 0 aliphatic carbocycles. The highest BCUT2D eigenvalue weighted by atomic mass is 19.4. The lowest BCUT2D eigenvalue weighted by Gasteiger charge is -2.18. The van der Waals surface area contributed by atoms with Crippen LogP contribution in [0.25, 0.3) is 23.3 Å². The summed E-state index contributed by atoms with van der Waals surface area (Å²) in [6.07, 6.45) is -11.2. The molecular formula is C58H54F10N2O8. The van der Waals surface area contributed by atoms with E-state index in [0.717, 1.165) is 36.4 Å². The lowest BCUT2D eigenvalue weighted by Crippen LogP contribution is -2.21. The van der Waals surface area contributed by atoms with Crippen LogP contribution in [0, 0.1) is 0 Å². The molecule has 0 bridgehead atoms. The van der Waals surface area contributed by atoms with Crippen LogP contribution in [-0.4, -0.2) is 37.5 Å². The molecule has 0 aliphatic heterocycles. The number of benzene rings is 6. The second-order valence-electron chi connectivity index (χ2n) is 17.7. The molecule has 0 saturated carbocycles. The zero-order valence-electron chi connectivity index (χ0n) is 41.7. The minimum Gasteiger partial charge on any atom is -0.494 e. The number of esters is 2. The second kappa shape index (κ2) is 27.2. The van der Waals surface area contributed by atoms with Gasteiger partial charge in [-0.05, 0) is 181 Å². The van der Waals surface area contributed by atoms with Gasteiger partial charge < -0.3 is 39.9 Å². The van der Waals surface area contributed by atoms with Gasteiger partial charge in [0.05, 0.1) is 24.3 Å². The maximum absolute atomic E-state index is 15.0. The molecule has 0 fully saturated rings. The summed E-state index contributed by atoms with van der Waals surface area (Å²) in [6, 6.07) is 30.6. The number of carbonyl (C=O) groups is 2. The number of alkyl halides is 10. The molecule has 0 aliphatic rings. The Hall–Kier alpha value is -8.16. The maximum atomic E-state index is 15.0. The highest BCUT2D eigenvalue weighted by molar-refractivity contribution is 5.88. The van der Waals surface area contributed by atoms with Gasteiger partial charge in [-0.3, -0.25) is 0 Å². The van der Waals surface area contributed by atoms with E-state index in [2.05, 4.69) is 0 Å². The van der Waals surface area contributed by atoms with Crippen molar-refractivity contribution in [2.75, 3.05) is 24.7 Å². The molecule has 0 radical (unpaired) electrons. The number of halogens is 10. The minimum atomic E-state index is -4.22. The van der Waals surface area contributed by atoms with Crippen molar-refractivity contribution in [1.29, 1.82) is 0 Å². The quantitative estimate of drug-likeness (QED) is 0.0168. The van der Waals surface area contributed by atoms with E-state index < -0.39 is 60.5 Å². The number of ether oxygens (including phenoxy) is 6. The number of anilines is 2. The Balaban J connectivity index is 0.965. The van der Waals surface area contributed by atoms with E-state index in [1.807, 2.05) is 0 Å². The summed E-state index contributed by atoms with van der Waals surface area (Å²) >= 11 is 0. The maximum Gasteiger partial charge on any atom is 0.426 e. The van der Waals surface area contributed by atoms with Crippen LogP contribution in [0.5, 0.6) is 23.0 Å². The van der Waals surface area contributed by atoms with Crippen LogP contribution in [0.2, 0.25) is 0 Å². The Kier molecular flexibility index (Phi) is 20.6. The van der Waals surface area contributed by atoms with Gasteiger partial charge in [0.25, 0.3) is 0 Å². The number of rotatable bonds is 27. The van der Waals surface area contributed by atoms with Gasteiger partial charge >= 0.3 is 36.5 Å². The number of carbonyl (C=O) groups excluding carboxylic acids is 2. The lowest BCUT2D eigenvalue weighted by atomic mass is 9.95. The first-order valence-corrected chi connectivity index (χ1v) is 24.4. The first-order valence-electron chi connectivity index (χ1n) is 24.4. The van der Waals surface area contributed by atoms with Gasteiger partial charge in [-0.2, -0.15) is 43.9 Å². The fourth-order valence-electron chi connectivity index (χ4n) is 7.50. The van der Waals surface area contributed by atoms with Crippen molar-refractivity contribution in [2.24, 2.45) is 0 Å². The molecule has 0 heterocycles. The highest BCUT2D eigenvalue weighted by Crippen LogP contribution is 2.36. The van der Waals surface area contributed by atoms with Gasteiger partial charge in [0, 0.05) is 36.4 Å². The molecule has 10 nitrogen and oxygen atoms in total. The molecule has 0 spiro atoms. The molecule has 0 aromatic heterocycles. The molecule has 414 valence electrons. The third-order valence-corrected chi connectivity index (χ3v) is 11.5. The normalized spacial score (nSPS) is 12.2. The molecule has 78 heavy (non-hydrogen) atoms. The van der Waals surface area contributed by atoms with Crippen molar-refractivity contribution < 1.29 is 81.9 Å². The molecule has 6 aromatic carbocycles. The van der Waals surface area contributed by atoms with Gasteiger partial charge in [0.2, 0.25) is 0 Å². The van der Waals surface area contributed by atoms with Crippen molar-refractivity contribution in [1.82, 2.24) is 0 Å². The SMILES string of the molecule is Nc1ccc(-c2ccc(N)cc2COC(=O)/C=C/c2ccc(OC(F)(F)c3ccc(OCCCCCC(F)(F)F)cc3)cc2)c(COC(=O)/C=C/c2ccc(OC(F)(F)c3ccc(OCCCCCC(F)(F)F)cc3)cc2)c1. The molecule has 4 N–H and O–H groups in total. The average Bonchev–Trinajstić information content (AvgIpc) is 3.43. The first kappa shape index (κ1) is 59.1. The van der Waals surface area contributed by atoms with E-state index >= 15 is 17.6 Å². The van der Waals surface area contributed by atoms with Crippen LogP contribution in [0.1, 0.15) is 84.7 Å². The zero-order valence-corrected chi connectivity index (χ0v) is 41.7. The standard InChI is InChI=1S/C58H54F10N2O8/c59-55(60,61)31-3-1-5-33-73-47-23-13-43(14-24-47)57(65,66)77-49-19-7-39(8-20-49)11-29-53(71)75-37-41-35-45(69)17-27-51(41)52-28-18-46(70)36-42(52)38-76-54(72)30-12-40-9-21-50(22-10-40)78-58(67,68)44-15-25-48(26-16-44)74-34-6-2-4-32-56(62,63)64/h7-30,35-36H,1-6,31-34,37-38,69-70H2/b29-11+,30-12+. The highest BCUT2D eigenvalue weighted by Gasteiger charge is 2.36. The number of nitrogen functional groups attached to an aromatic ring is 2. The van der Waals surface area contributed by atoms with Crippen molar-refractivity contribution in [3.63, 3.8) is 0 Å². The predicted octanol–water partition coefficient (Wildman–Crippen LogP) is 15.3. The molecular weight excluding hydrogens is 1040 g/mol. The summed E-state index contributed by atoms with van der Waals surface area (Å²) in [5, 5.41) is 0. The fraction of sp³-hybridized carbons (Fsp3) is 0.276. The van der Waals surface area contributed by atoms with Crippen LogP contribution in [-0.2, 0) is 44.5 Å². The van der Waals surface area contributed by atoms with Crippen molar-refractivity contribution in [3.05, 3.63) is 179 Å². The van der Waals surface area contributed by atoms with Gasteiger partial charge in [0.1, 0.15) is 36.2 Å². The van der Waals surface area contributed by atoms with Gasteiger partial charge in [-0.25, -0.2) is 9.59 Å².